The Morgan fingerprint density at radius 1 is 1.17 bits per heavy atom. The van der Waals surface area contributed by atoms with E-state index in [1.807, 2.05) is 0 Å². The topological polar surface area (TPSA) is 140 Å². The molecule has 1 aromatic heterocycles. The van der Waals surface area contributed by atoms with Crippen molar-refractivity contribution in [3.8, 4) is 0 Å². The van der Waals surface area contributed by atoms with Gasteiger partial charge in [-0.1, -0.05) is 6.42 Å². The van der Waals surface area contributed by atoms with Crippen LogP contribution in [0.3, 0.4) is 0 Å². The maximum Gasteiger partial charge on any atom is 0.417 e. The highest BCUT2D eigenvalue weighted by Crippen LogP contribution is 2.34. The Kier molecular flexibility index (Phi) is 7.57. The lowest BCUT2D eigenvalue weighted by atomic mass is 10.1. The summed E-state index contributed by atoms with van der Waals surface area (Å²) in [5, 5.41) is 4.61. The number of carbonyl (C=O) groups excluding carboxylic acids is 2. The number of rotatable bonds is 8. The number of benzene rings is 1. The minimum Gasteiger partial charge on any atom is -0.423 e. The molecule has 0 bridgehead atoms. The van der Waals surface area contributed by atoms with Crippen LogP contribution in [0.4, 0.5) is 18.9 Å². The summed E-state index contributed by atoms with van der Waals surface area (Å²) in [5.74, 6) is -1.12. The SMILES string of the molecule is CC(NC(=O)C(N)CCCCN)C(=O)Nc1ccc2c(C(F)(F)F)cc(=O)oc2c1. The number of anilines is 1. The normalized spacial score (nSPS) is 13.7. The van der Waals surface area contributed by atoms with Crippen LogP contribution < -0.4 is 27.7 Å². The van der Waals surface area contributed by atoms with Crippen LogP contribution in [0.15, 0.2) is 33.5 Å². The van der Waals surface area contributed by atoms with Crippen LogP contribution in [-0.2, 0) is 15.8 Å². The summed E-state index contributed by atoms with van der Waals surface area (Å²) in [6.45, 7) is 1.92. The van der Waals surface area contributed by atoms with E-state index in [1.54, 1.807) is 0 Å². The highest BCUT2D eigenvalue weighted by atomic mass is 19.4. The molecule has 2 rings (SSSR count). The van der Waals surface area contributed by atoms with Crippen LogP contribution in [0, 0.1) is 0 Å². The van der Waals surface area contributed by atoms with Crippen LogP contribution >= 0.6 is 0 Å². The van der Waals surface area contributed by atoms with Crippen LogP contribution in [0.25, 0.3) is 11.0 Å². The molecule has 0 aliphatic rings. The monoisotopic (exact) mass is 428 g/mol. The number of nitrogens with one attached hydrogen (secondary N) is 2. The summed E-state index contributed by atoms with van der Waals surface area (Å²) in [6, 6.07) is 2.06. The Morgan fingerprint density at radius 3 is 2.50 bits per heavy atom. The third-order valence-corrected chi connectivity index (χ3v) is 4.38. The molecule has 164 valence electrons. The Bertz CT molecular complexity index is 974. The van der Waals surface area contributed by atoms with Crippen LogP contribution in [-0.4, -0.2) is 30.4 Å². The summed E-state index contributed by atoms with van der Waals surface area (Å²) in [4.78, 5) is 35.8. The Morgan fingerprint density at radius 2 is 1.87 bits per heavy atom. The first-order valence-electron chi connectivity index (χ1n) is 9.25. The van der Waals surface area contributed by atoms with E-state index < -0.39 is 41.3 Å². The molecule has 0 aliphatic heterocycles. The van der Waals surface area contributed by atoms with Gasteiger partial charge in [0.05, 0.1) is 11.6 Å². The number of alkyl halides is 3. The van der Waals surface area contributed by atoms with Crippen molar-refractivity contribution >= 4 is 28.5 Å². The molecule has 2 unspecified atom stereocenters. The second-order valence-corrected chi connectivity index (χ2v) is 6.80. The second-order valence-electron chi connectivity index (χ2n) is 6.80. The second kappa shape index (κ2) is 9.72. The molecular formula is C19H23F3N4O4. The number of unbranched alkanes of at least 4 members (excludes halogenated alkanes) is 1. The van der Waals surface area contributed by atoms with Gasteiger partial charge in [-0.3, -0.25) is 9.59 Å². The van der Waals surface area contributed by atoms with Gasteiger partial charge in [0, 0.05) is 23.2 Å². The fourth-order valence-electron chi connectivity index (χ4n) is 2.75. The van der Waals surface area contributed by atoms with Crippen molar-refractivity contribution in [3.05, 3.63) is 40.2 Å². The largest absolute Gasteiger partial charge is 0.423 e. The fourth-order valence-corrected chi connectivity index (χ4v) is 2.75. The molecule has 0 aliphatic carbocycles. The first-order chi connectivity index (χ1) is 14.0. The molecule has 8 nitrogen and oxygen atoms in total. The van der Waals surface area contributed by atoms with E-state index in [2.05, 4.69) is 10.6 Å². The van der Waals surface area contributed by atoms with Crippen LogP contribution in [0.2, 0.25) is 0 Å². The zero-order chi connectivity index (χ0) is 22.5. The number of halogens is 3. The molecule has 1 heterocycles. The first-order valence-corrected chi connectivity index (χ1v) is 9.25. The van der Waals surface area contributed by atoms with Gasteiger partial charge in [-0.15, -0.1) is 0 Å². The van der Waals surface area contributed by atoms with Crippen molar-refractivity contribution in [2.75, 3.05) is 11.9 Å². The summed E-state index contributed by atoms with van der Waals surface area (Å²) < 4.78 is 44.1. The quantitative estimate of drug-likeness (QED) is 0.373. The fraction of sp³-hybridized carbons (Fsp3) is 0.421. The van der Waals surface area contributed by atoms with E-state index >= 15 is 0 Å². The standard InChI is InChI=1S/C19H23F3N4O4/c1-10(25-18(29)14(24)4-2-3-7-23)17(28)26-11-5-6-12-13(19(20,21)22)9-16(27)30-15(12)8-11/h5-6,8-10,14H,2-4,7,23-24H2,1H3,(H,25,29)(H,26,28). The van der Waals surface area contributed by atoms with Crippen molar-refractivity contribution in [2.24, 2.45) is 11.5 Å². The van der Waals surface area contributed by atoms with Crippen molar-refractivity contribution < 1.29 is 27.2 Å². The van der Waals surface area contributed by atoms with Crippen molar-refractivity contribution in [1.82, 2.24) is 5.32 Å². The van der Waals surface area contributed by atoms with Gasteiger partial charge < -0.3 is 26.5 Å². The number of hydrogen-bond acceptors (Lipinski definition) is 6. The van der Waals surface area contributed by atoms with E-state index in [-0.39, 0.29) is 16.7 Å². The molecule has 0 fully saturated rings. The highest BCUT2D eigenvalue weighted by Gasteiger charge is 2.34. The molecule has 2 atom stereocenters. The summed E-state index contributed by atoms with van der Waals surface area (Å²) >= 11 is 0. The molecule has 6 N–H and O–H groups in total. The van der Waals surface area contributed by atoms with Gasteiger partial charge in [-0.2, -0.15) is 13.2 Å². The predicted octanol–water partition coefficient (Wildman–Crippen LogP) is 1.71. The van der Waals surface area contributed by atoms with E-state index in [9.17, 15) is 27.6 Å². The number of hydrogen-bond donors (Lipinski definition) is 4. The van der Waals surface area contributed by atoms with Gasteiger partial charge in [0.15, 0.2) is 0 Å². The molecule has 0 spiro atoms. The zero-order valence-electron chi connectivity index (χ0n) is 16.2. The van der Waals surface area contributed by atoms with E-state index in [0.29, 0.717) is 25.5 Å². The summed E-state index contributed by atoms with van der Waals surface area (Å²) in [6.07, 6.45) is -2.91. The maximum atomic E-state index is 13.1. The minimum atomic E-state index is -4.74. The van der Waals surface area contributed by atoms with Gasteiger partial charge in [-0.25, -0.2) is 4.79 Å². The number of fused-ring (bicyclic) bond motifs is 1. The average molecular weight is 428 g/mol. The highest BCUT2D eigenvalue weighted by molar-refractivity contribution is 5.98. The number of carbonyl (C=O) groups is 2. The van der Waals surface area contributed by atoms with E-state index in [0.717, 1.165) is 18.6 Å². The molecule has 0 saturated carbocycles. The predicted molar refractivity (Wildman–Crippen MR) is 105 cm³/mol. The number of nitrogens with two attached hydrogens (primary N) is 2. The molecule has 11 heteroatoms. The summed E-state index contributed by atoms with van der Waals surface area (Å²) in [7, 11) is 0. The maximum absolute atomic E-state index is 13.1. The van der Waals surface area contributed by atoms with Crippen molar-refractivity contribution in [2.45, 2.75) is 44.4 Å². The lowest BCUT2D eigenvalue weighted by molar-refractivity contribution is -0.136. The van der Waals surface area contributed by atoms with Gasteiger partial charge in [0.1, 0.15) is 11.6 Å². The Hall–Kier alpha value is -2.92. The van der Waals surface area contributed by atoms with Crippen molar-refractivity contribution in [3.63, 3.8) is 0 Å². The lowest BCUT2D eigenvalue weighted by Crippen LogP contribution is -2.48. The average Bonchev–Trinajstić information content (AvgIpc) is 2.66. The van der Waals surface area contributed by atoms with Gasteiger partial charge in [0.25, 0.3) is 0 Å². The minimum absolute atomic E-state index is 0.100. The number of amides is 2. The lowest BCUT2D eigenvalue weighted by Gasteiger charge is -2.17. The molecule has 2 aromatic rings. The Balaban J connectivity index is 2.09. The molecule has 1 aromatic carbocycles. The molecule has 30 heavy (non-hydrogen) atoms. The van der Waals surface area contributed by atoms with E-state index in [4.69, 9.17) is 15.9 Å². The molecule has 0 saturated heterocycles. The van der Waals surface area contributed by atoms with Crippen molar-refractivity contribution in [1.29, 1.82) is 0 Å². The summed E-state index contributed by atoms with van der Waals surface area (Å²) in [5.41, 5.74) is 8.63. The smallest absolute Gasteiger partial charge is 0.417 e. The van der Waals surface area contributed by atoms with Gasteiger partial charge in [-0.05, 0) is 38.4 Å². The van der Waals surface area contributed by atoms with E-state index in [1.165, 1.54) is 13.0 Å². The van der Waals surface area contributed by atoms with Gasteiger partial charge >= 0.3 is 11.8 Å². The van der Waals surface area contributed by atoms with Gasteiger partial charge in [0.2, 0.25) is 11.8 Å². The molecule has 0 radical (unpaired) electrons. The third-order valence-electron chi connectivity index (χ3n) is 4.38. The Labute approximate surface area is 169 Å². The third kappa shape index (κ3) is 6.04. The van der Waals surface area contributed by atoms with Crippen LogP contribution in [0.5, 0.6) is 0 Å². The molecule has 2 amide bonds. The first kappa shape index (κ1) is 23.4. The zero-order valence-corrected chi connectivity index (χ0v) is 16.2. The molecular weight excluding hydrogens is 405 g/mol. The van der Waals surface area contributed by atoms with Crippen LogP contribution in [0.1, 0.15) is 31.7 Å².